The van der Waals surface area contributed by atoms with Crippen LogP contribution in [-0.2, 0) is 12.8 Å². The summed E-state index contributed by atoms with van der Waals surface area (Å²) in [6.45, 7) is 9.89. The third-order valence-electron chi connectivity index (χ3n) is 4.35. The molecule has 5 heteroatoms. The molecule has 1 saturated heterocycles. The maximum absolute atomic E-state index is 4.56. The van der Waals surface area contributed by atoms with Crippen LogP contribution in [0.4, 0.5) is 5.95 Å². The summed E-state index contributed by atoms with van der Waals surface area (Å²) >= 11 is 0. The number of hydrogen-bond acceptors (Lipinski definition) is 5. The quantitative estimate of drug-likeness (QED) is 0.783. The molecule has 1 aliphatic rings. The first kappa shape index (κ1) is 16.1. The molecule has 0 aliphatic carbocycles. The molecule has 1 aliphatic heterocycles. The monoisotopic (exact) mass is 291 g/mol. The van der Waals surface area contributed by atoms with Crippen molar-refractivity contribution in [1.82, 2.24) is 20.1 Å². The van der Waals surface area contributed by atoms with E-state index in [4.69, 9.17) is 0 Å². The summed E-state index contributed by atoms with van der Waals surface area (Å²) in [4.78, 5) is 7.16. The Balaban J connectivity index is 1.75. The van der Waals surface area contributed by atoms with Crippen molar-refractivity contribution in [2.75, 3.05) is 25.0 Å². The normalized spacial score (nSPS) is 19.7. The summed E-state index contributed by atoms with van der Waals surface area (Å²) in [7, 11) is 0. The van der Waals surface area contributed by atoms with E-state index in [1.165, 1.54) is 25.8 Å². The molecule has 0 radical (unpaired) electrons. The first-order valence-corrected chi connectivity index (χ1v) is 8.45. The summed E-state index contributed by atoms with van der Waals surface area (Å²) in [5, 5.41) is 11.7. The highest BCUT2D eigenvalue weighted by atomic mass is 15.2. The fourth-order valence-electron chi connectivity index (χ4n) is 2.99. The van der Waals surface area contributed by atoms with Gasteiger partial charge in [-0.25, -0.2) is 4.98 Å². The van der Waals surface area contributed by atoms with Crippen LogP contribution in [0.5, 0.6) is 0 Å². The van der Waals surface area contributed by atoms with E-state index in [0.29, 0.717) is 5.95 Å². The third kappa shape index (κ3) is 4.63. The predicted molar refractivity (Wildman–Crippen MR) is 86.6 cm³/mol. The smallest absolute Gasteiger partial charge is 0.242 e. The summed E-state index contributed by atoms with van der Waals surface area (Å²) in [6, 6.07) is 0.743. The highest BCUT2D eigenvalue weighted by molar-refractivity contribution is 5.25. The van der Waals surface area contributed by atoms with Gasteiger partial charge in [0.05, 0.1) is 11.4 Å². The van der Waals surface area contributed by atoms with Gasteiger partial charge >= 0.3 is 0 Å². The van der Waals surface area contributed by atoms with E-state index in [2.05, 4.69) is 46.2 Å². The van der Waals surface area contributed by atoms with Gasteiger partial charge in [0.2, 0.25) is 5.95 Å². The molecule has 118 valence electrons. The van der Waals surface area contributed by atoms with Gasteiger partial charge < -0.3 is 10.2 Å². The molecular formula is C16H29N5. The van der Waals surface area contributed by atoms with Gasteiger partial charge in [-0.05, 0) is 45.6 Å². The van der Waals surface area contributed by atoms with E-state index in [1.807, 2.05) is 0 Å². The van der Waals surface area contributed by atoms with Crippen LogP contribution in [0, 0.1) is 0 Å². The Labute approximate surface area is 128 Å². The van der Waals surface area contributed by atoms with Crippen LogP contribution in [0.1, 0.15) is 57.8 Å². The summed E-state index contributed by atoms with van der Waals surface area (Å²) in [6.07, 6.45) is 7.03. The fourth-order valence-corrected chi connectivity index (χ4v) is 2.99. The lowest BCUT2D eigenvalue weighted by Crippen LogP contribution is -2.38. The molecule has 2 heterocycles. The zero-order chi connectivity index (χ0) is 15.1. The average Bonchev–Trinajstić information content (AvgIpc) is 2.52. The lowest BCUT2D eigenvalue weighted by Gasteiger charge is -2.33. The van der Waals surface area contributed by atoms with Crippen molar-refractivity contribution >= 4 is 5.95 Å². The van der Waals surface area contributed by atoms with Gasteiger partial charge in [0.25, 0.3) is 0 Å². The lowest BCUT2D eigenvalue weighted by molar-refractivity contribution is 0.160. The molecule has 0 amide bonds. The number of nitrogens with one attached hydrogen (secondary N) is 1. The van der Waals surface area contributed by atoms with Crippen LogP contribution in [0.3, 0.4) is 0 Å². The average molecular weight is 291 g/mol. The van der Waals surface area contributed by atoms with Crippen molar-refractivity contribution in [3.63, 3.8) is 0 Å². The van der Waals surface area contributed by atoms with Crippen molar-refractivity contribution in [2.24, 2.45) is 0 Å². The topological polar surface area (TPSA) is 53.9 Å². The largest absolute Gasteiger partial charge is 0.353 e. The maximum atomic E-state index is 4.56. The summed E-state index contributed by atoms with van der Waals surface area (Å²) < 4.78 is 0. The minimum atomic E-state index is 0.677. The summed E-state index contributed by atoms with van der Waals surface area (Å²) in [5.41, 5.74) is 2.09. The lowest BCUT2D eigenvalue weighted by atomic mass is 10.0. The van der Waals surface area contributed by atoms with Gasteiger partial charge in [0.15, 0.2) is 0 Å². The molecule has 1 N–H and O–H groups in total. The first-order valence-electron chi connectivity index (χ1n) is 8.45. The number of piperidine rings is 1. The van der Waals surface area contributed by atoms with Gasteiger partial charge in [0.1, 0.15) is 0 Å². The Morgan fingerprint density at radius 2 is 1.95 bits per heavy atom. The van der Waals surface area contributed by atoms with Crippen LogP contribution < -0.4 is 5.32 Å². The minimum Gasteiger partial charge on any atom is -0.353 e. The van der Waals surface area contributed by atoms with Crippen molar-refractivity contribution in [3.05, 3.63) is 11.4 Å². The molecule has 1 aromatic rings. The Hall–Kier alpha value is -1.23. The SMILES string of the molecule is CCc1nnc(NCCCN2CCCCC2C)nc1CC. The summed E-state index contributed by atoms with van der Waals surface area (Å²) in [5.74, 6) is 0.677. The second-order valence-electron chi connectivity index (χ2n) is 5.90. The fraction of sp³-hybridized carbons (Fsp3) is 0.812. The van der Waals surface area contributed by atoms with Crippen molar-refractivity contribution in [3.8, 4) is 0 Å². The molecule has 0 bridgehead atoms. The van der Waals surface area contributed by atoms with Crippen LogP contribution in [0.15, 0.2) is 0 Å². The Morgan fingerprint density at radius 3 is 2.67 bits per heavy atom. The van der Waals surface area contributed by atoms with Gasteiger partial charge in [-0.3, -0.25) is 0 Å². The van der Waals surface area contributed by atoms with Gasteiger partial charge in [-0.1, -0.05) is 20.3 Å². The second kappa shape index (κ2) is 8.27. The maximum Gasteiger partial charge on any atom is 0.242 e. The number of nitrogens with zero attached hydrogens (tertiary/aromatic N) is 4. The van der Waals surface area contributed by atoms with E-state index in [9.17, 15) is 0 Å². The molecule has 1 fully saturated rings. The van der Waals surface area contributed by atoms with Gasteiger partial charge in [-0.15, -0.1) is 5.10 Å². The number of rotatable bonds is 7. The highest BCUT2D eigenvalue weighted by Crippen LogP contribution is 2.16. The number of anilines is 1. The van der Waals surface area contributed by atoms with Gasteiger partial charge in [-0.2, -0.15) is 5.10 Å². The molecule has 1 unspecified atom stereocenters. The first-order chi connectivity index (χ1) is 10.2. The molecule has 2 rings (SSSR count). The molecular weight excluding hydrogens is 262 g/mol. The molecule has 0 spiro atoms. The van der Waals surface area contributed by atoms with E-state index in [1.54, 1.807) is 0 Å². The van der Waals surface area contributed by atoms with Gasteiger partial charge in [0, 0.05) is 19.1 Å². The Kier molecular flexibility index (Phi) is 6.36. The zero-order valence-electron chi connectivity index (χ0n) is 13.7. The van der Waals surface area contributed by atoms with Crippen LogP contribution in [0.25, 0.3) is 0 Å². The van der Waals surface area contributed by atoms with Crippen LogP contribution >= 0.6 is 0 Å². The number of hydrogen-bond donors (Lipinski definition) is 1. The minimum absolute atomic E-state index is 0.677. The standard InChI is InChI=1S/C16H29N5/c1-4-14-15(5-2)19-20-16(18-14)17-10-8-12-21-11-7-6-9-13(21)3/h13H,4-12H2,1-3H3,(H,17,18,20). The number of aromatic nitrogens is 3. The van der Waals surface area contributed by atoms with E-state index in [0.717, 1.165) is 49.8 Å². The molecule has 5 nitrogen and oxygen atoms in total. The zero-order valence-corrected chi connectivity index (χ0v) is 13.7. The van der Waals surface area contributed by atoms with E-state index in [-0.39, 0.29) is 0 Å². The third-order valence-corrected chi connectivity index (χ3v) is 4.35. The Bertz CT molecular complexity index is 435. The number of aryl methyl sites for hydroxylation is 2. The van der Waals surface area contributed by atoms with Crippen molar-refractivity contribution < 1.29 is 0 Å². The Morgan fingerprint density at radius 1 is 1.14 bits per heavy atom. The van der Waals surface area contributed by atoms with E-state index >= 15 is 0 Å². The predicted octanol–water partition coefficient (Wildman–Crippen LogP) is 2.67. The molecule has 21 heavy (non-hydrogen) atoms. The van der Waals surface area contributed by atoms with Crippen LogP contribution in [0.2, 0.25) is 0 Å². The molecule has 1 atom stereocenters. The van der Waals surface area contributed by atoms with Crippen molar-refractivity contribution in [1.29, 1.82) is 0 Å². The number of likely N-dealkylation sites (tertiary alicyclic amines) is 1. The highest BCUT2D eigenvalue weighted by Gasteiger charge is 2.17. The van der Waals surface area contributed by atoms with E-state index < -0.39 is 0 Å². The molecule has 1 aromatic heterocycles. The molecule has 0 saturated carbocycles. The van der Waals surface area contributed by atoms with Crippen molar-refractivity contribution in [2.45, 2.75) is 65.3 Å². The molecule has 0 aromatic carbocycles. The van der Waals surface area contributed by atoms with Crippen LogP contribution in [-0.4, -0.2) is 45.8 Å². The second-order valence-corrected chi connectivity index (χ2v) is 5.90.